The van der Waals surface area contributed by atoms with E-state index in [0.29, 0.717) is 5.92 Å². The van der Waals surface area contributed by atoms with Crippen LogP contribution < -0.4 is 0 Å². The van der Waals surface area contributed by atoms with Crippen LogP contribution in [0, 0.1) is 13.8 Å². The quantitative estimate of drug-likeness (QED) is 0.601. The molecule has 0 fully saturated rings. The van der Waals surface area contributed by atoms with Gasteiger partial charge in [0.15, 0.2) is 0 Å². The van der Waals surface area contributed by atoms with Crippen molar-refractivity contribution in [1.82, 2.24) is 0 Å². The van der Waals surface area contributed by atoms with Crippen LogP contribution in [0.5, 0.6) is 0 Å². The summed E-state index contributed by atoms with van der Waals surface area (Å²) in [7, 11) is 0. The van der Waals surface area contributed by atoms with Gasteiger partial charge in [-0.1, -0.05) is 47.1 Å². The van der Waals surface area contributed by atoms with Gasteiger partial charge in [0.05, 0.1) is 5.71 Å². The van der Waals surface area contributed by atoms with E-state index < -0.39 is 0 Å². The summed E-state index contributed by atoms with van der Waals surface area (Å²) in [5.74, 6) is 0.400. The molecule has 2 aromatic carbocycles. The lowest BCUT2D eigenvalue weighted by molar-refractivity contribution is 0.317. The van der Waals surface area contributed by atoms with Gasteiger partial charge in [0.2, 0.25) is 0 Å². The second-order valence-electron chi connectivity index (χ2n) is 5.59. The molecule has 1 aliphatic rings. The van der Waals surface area contributed by atoms with Crippen LogP contribution in [0.2, 0.25) is 0 Å². The first-order chi connectivity index (χ1) is 9.70. The smallest absolute Gasteiger partial charge is 0.0871 e. The Balaban J connectivity index is 2.15. The zero-order valence-corrected chi connectivity index (χ0v) is 11.9. The molecule has 0 spiro atoms. The van der Waals surface area contributed by atoms with Crippen LogP contribution in [-0.4, -0.2) is 10.9 Å². The molecule has 102 valence electrons. The second kappa shape index (κ2) is 5.12. The highest BCUT2D eigenvalue weighted by molar-refractivity contribution is 6.03. The molecule has 1 N–H and O–H groups in total. The molecule has 0 bridgehead atoms. The van der Waals surface area contributed by atoms with Gasteiger partial charge in [-0.25, -0.2) is 0 Å². The molecule has 1 atom stereocenters. The molecule has 0 aromatic heterocycles. The molecule has 0 saturated heterocycles. The lowest BCUT2D eigenvalue weighted by Crippen LogP contribution is -2.18. The Hall–Kier alpha value is -2.09. The second-order valence-corrected chi connectivity index (χ2v) is 5.59. The Labute approximate surface area is 119 Å². The van der Waals surface area contributed by atoms with Gasteiger partial charge in [0.25, 0.3) is 0 Å². The first-order valence-electron chi connectivity index (χ1n) is 7.08. The molecule has 2 nitrogen and oxygen atoms in total. The van der Waals surface area contributed by atoms with Gasteiger partial charge >= 0.3 is 0 Å². The lowest BCUT2D eigenvalue weighted by Gasteiger charge is -2.28. The average Bonchev–Trinajstić information content (AvgIpc) is 2.46. The number of fused-ring (bicyclic) bond motifs is 1. The zero-order valence-electron chi connectivity index (χ0n) is 11.9. The minimum atomic E-state index is 0.400. The van der Waals surface area contributed by atoms with Gasteiger partial charge < -0.3 is 5.21 Å². The van der Waals surface area contributed by atoms with Gasteiger partial charge in [-0.15, -0.1) is 0 Å². The Morgan fingerprint density at radius 2 is 1.85 bits per heavy atom. The van der Waals surface area contributed by atoms with Gasteiger partial charge in [0.1, 0.15) is 0 Å². The van der Waals surface area contributed by atoms with Crippen molar-refractivity contribution in [3.8, 4) is 0 Å². The van der Waals surface area contributed by atoms with Crippen molar-refractivity contribution in [2.24, 2.45) is 5.16 Å². The first kappa shape index (κ1) is 12.9. The van der Waals surface area contributed by atoms with E-state index in [-0.39, 0.29) is 0 Å². The summed E-state index contributed by atoms with van der Waals surface area (Å²) < 4.78 is 0. The SMILES string of the molecule is Cc1ccc2c(c1)C(=NO)CCC2c1ccccc1C. The van der Waals surface area contributed by atoms with Gasteiger partial charge in [-0.3, -0.25) is 0 Å². The molecule has 2 aromatic rings. The molecule has 3 rings (SSSR count). The van der Waals surface area contributed by atoms with E-state index in [1.165, 1.54) is 22.3 Å². The molecule has 20 heavy (non-hydrogen) atoms. The summed E-state index contributed by atoms with van der Waals surface area (Å²) in [4.78, 5) is 0. The normalized spacial score (nSPS) is 19.9. The third-order valence-corrected chi connectivity index (χ3v) is 4.25. The van der Waals surface area contributed by atoms with E-state index in [9.17, 15) is 5.21 Å². The maximum atomic E-state index is 9.23. The number of benzene rings is 2. The zero-order chi connectivity index (χ0) is 14.1. The van der Waals surface area contributed by atoms with E-state index in [2.05, 4.69) is 61.5 Å². The van der Waals surface area contributed by atoms with Crippen LogP contribution in [0.25, 0.3) is 0 Å². The van der Waals surface area contributed by atoms with Crippen molar-refractivity contribution >= 4 is 5.71 Å². The Morgan fingerprint density at radius 1 is 1.05 bits per heavy atom. The predicted octanol–water partition coefficient (Wildman–Crippen LogP) is 4.41. The maximum Gasteiger partial charge on any atom is 0.0871 e. The van der Waals surface area contributed by atoms with E-state index >= 15 is 0 Å². The van der Waals surface area contributed by atoms with E-state index in [1.54, 1.807) is 0 Å². The largest absolute Gasteiger partial charge is 0.411 e. The number of rotatable bonds is 1. The molecular formula is C18H19NO. The first-order valence-corrected chi connectivity index (χ1v) is 7.08. The summed E-state index contributed by atoms with van der Waals surface area (Å²) in [5, 5.41) is 12.7. The highest BCUT2D eigenvalue weighted by Gasteiger charge is 2.26. The van der Waals surface area contributed by atoms with Crippen LogP contribution in [-0.2, 0) is 0 Å². The summed E-state index contributed by atoms with van der Waals surface area (Å²) >= 11 is 0. The fourth-order valence-electron chi connectivity index (χ4n) is 3.20. The molecule has 1 aliphatic carbocycles. The molecular weight excluding hydrogens is 246 g/mol. The number of hydrogen-bond donors (Lipinski definition) is 1. The van der Waals surface area contributed by atoms with Crippen molar-refractivity contribution < 1.29 is 5.21 Å². The Morgan fingerprint density at radius 3 is 2.60 bits per heavy atom. The monoisotopic (exact) mass is 265 g/mol. The molecule has 1 unspecified atom stereocenters. The molecule has 0 saturated carbocycles. The maximum absolute atomic E-state index is 9.23. The van der Waals surface area contributed by atoms with Crippen LogP contribution in [0.3, 0.4) is 0 Å². The highest BCUT2D eigenvalue weighted by atomic mass is 16.4. The number of oxime groups is 1. The summed E-state index contributed by atoms with van der Waals surface area (Å²) in [6.45, 7) is 4.24. The fraction of sp³-hybridized carbons (Fsp3) is 0.278. The van der Waals surface area contributed by atoms with Crippen molar-refractivity contribution in [1.29, 1.82) is 0 Å². The van der Waals surface area contributed by atoms with Crippen LogP contribution >= 0.6 is 0 Å². The summed E-state index contributed by atoms with van der Waals surface area (Å²) in [6.07, 6.45) is 1.83. The van der Waals surface area contributed by atoms with Crippen LogP contribution in [0.1, 0.15) is 46.6 Å². The number of nitrogens with zero attached hydrogens (tertiary/aromatic N) is 1. The topological polar surface area (TPSA) is 32.6 Å². The lowest BCUT2D eigenvalue weighted by atomic mass is 9.76. The van der Waals surface area contributed by atoms with Crippen molar-refractivity contribution in [3.63, 3.8) is 0 Å². The fourth-order valence-corrected chi connectivity index (χ4v) is 3.20. The standard InChI is InChI=1S/C18H19NO/c1-12-7-8-16-15(14-6-4-3-5-13(14)2)9-10-18(19-20)17(16)11-12/h3-8,11,15,20H,9-10H2,1-2H3. The number of aryl methyl sites for hydroxylation is 2. The Kier molecular flexibility index (Phi) is 3.31. The minimum Gasteiger partial charge on any atom is -0.411 e. The van der Waals surface area contributed by atoms with Crippen molar-refractivity contribution in [2.75, 3.05) is 0 Å². The molecule has 2 heteroatoms. The predicted molar refractivity (Wildman–Crippen MR) is 81.8 cm³/mol. The average molecular weight is 265 g/mol. The highest BCUT2D eigenvalue weighted by Crippen LogP contribution is 2.38. The Bertz CT molecular complexity index is 673. The third-order valence-electron chi connectivity index (χ3n) is 4.25. The van der Waals surface area contributed by atoms with E-state index in [4.69, 9.17) is 0 Å². The van der Waals surface area contributed by atoms with Crippen molar-refractivity contribution in [3.05, 3.63) is 70.3 Å². The van der Waals surface area contributed by atoms with Crippen LogP contribution in [0.4, 0.5) is 0 Å². The molecule has 0 heterocycles. The molecule has 0 amide bonds. The van der Waals surface area contributed by atoms with E-state index in [0.717, 1.165) is 24.1 Å². The van der Waals surface area contributed by atoms with Gasteiger partial charge in [-0.2, -0.15) is 0 Å². The van der Waals surface area contributed by atoms with Crippen molar-refractivity contribution in [2.45, 2.75) is 32.6 Å². The minimum absolute atomic E-state index is 0.400. The van der Waals surface area contributed by atoms with E-state index in [1.807, 2.05) is 0 Å². The summed E-state index contributed by atoms with van der Waals surface area (Å²) in [6, 6.07) is 15.0. The summed E-state index contributed by atoms with van der Waals surface area (Å²) in [5.41, 5.74) is 7.11. The van der Waals surface area contributed by atoms with Gasteiger partial charge in [-0.05, 0) is 49.4 Å². The third kappa shape index (κ3) is 2.11. The van der Waals surface area contributed by atoms with Crippen LogP contribution in [0.15, 0.2) is 47.6 Å². The number of hydrogen-bond acceptors (Lipinski definition) is 2. The molecule has 0 aliphatic heterocycles. The van der Waals surface area contributed by atoms with Gasteiger partial charge in [0, 0.05) is 11.5 Å². The molecule has 0 radical (unpaired) electrons.